The topological polar surface area (TPSA) is 104 Å². The van der Waals surface area contributed by atoms with Crippen molar-refractivity contribution in [3.05, 3.63) is 59.7 Å². The van der Waals surface area contributed by atoms with Crippen LogP contribution in [-0.2, 0) is 4.74 Å². The van der Waals surface area contributed by atoms with Crippen molar-refractivity contribution in [3.8, 4) is 11.3 Å². The molecule has 1 aromatic carbocycles. The maximum atomic E-state index is 14.3. The Kier molecular flexibility index (Phi) is 4.55. The first kappa shape index (κ1) is 17.2. The van der Waals surface area contributed by atoms with Gasteiger partial charge in [-0.25, -0.2) is 9.37 Å². The lowest BCUT2D eigenvalue weighted by Gasteiger charge is -2.28. The predicted octanol–water partition coefficient (Wildman–Crippen LogP) is 2.45. The summed E-state index contributed by atoms with van der Waals surface area (Å²) in [5.74, 6) is 0.326. The first-order valence-corrected chi connectivity index (χ1v) is 8.60. The smallest absolute Gasteiger partial charge is 0.134 e. The number of benzene rings is 1. The Morgan fingerprint density at radius 2 is 2.00 bits per heavy atom. The van der Waals surface area contributed by atoms with Crippen molar-refractivity contribution in [1.82, 2.24) is 15.2 Å². The summed E-state index contributed by atoms with van der Waals surface area (Å²) in [5, 5.41) is 15.2. The van der Waals surface area contributed by atoms with E-state index in [0.29, 0.717) is 35.6 Å². The Bertz CT molecular complexity index is 966. The lowest BCUT2D eigenvalue weighted by molar-refractivity contribution is 0.122. The number of morpholine rings is 1. The summed E-state index contributed by atoms with van der Waals surface area (Å²) in [7, 11) is 0. The number of H-pyrrole nitrogens is 1. The van der Waals surface area contributed by atoms with Crippen LogP contribution < -0.4 is 10.6 Å². The van der Waals surface area contributed by atoms with Crippen molar-refractivity contribution in [3.63, 3.8) is 0 Å². The molecule has 27 heavy (non-hydrogen) atoms. The molecule has 4 rings (SSSR count). The third kappa shape index (κ3) is 3.39. The van der Waals surface area contributed by atoms with E-state index in [-0.39, 0.29) is 11.4 Å². The lowest BCUT2D eigenvalue weighted by atomic mass is 9.98. The number of rotatable bonds is 4. The number of hydrogen-bond donors (Lipinski definition) is 3. The van der Waals surface area contributed by atoms with Crippen LogP contribution in [0.25, 0.3) is 11.3 Å². The molecular formula is C19H19FN6O. The molecule has 8 heteroatoms. The number of pyridine rings is 1. The number of aromatic amines is 1. The maximum absolute atomic E-state index is 14.3. The van der Waals surface area contributed by atoms with Crippen LogP contribution in [0.3, 0.4) is 0 Å². The highest BCUT2D eigenvalue weighted by Gasteiger charge is 2.17. The predicted molar refractivity (Wildman–Crippen MR) is 102 cm³/mol. The molecule has 2 aromatic heterocycles. The quantitative estimate of drug-likeness (QED) is 0.486. The van der Waals surface area contributed by atoms with E-state index in [1.54, 1.807) is 30.6 Å². The van der Waals surface area contributed by atoms with Crippen LogP contribution >= 0.6 is 0 Å². The summed E-state index contributed by atoms with van der Waals surface area (Å²) in [5.41, 5.74) is 8.42. The standard InChI is InChI=1S/C19H19FN6O/c20-15-11-16(21)14(10-13(15)17-2-4-24-25-17)19(22)12-1-3-23-18(9-12)26-5-7-27-8-6-26/h1-4,9-11,22H,5-8,21H2,(H,24,25). The average molecular weight is 366 g/mol. The number of nitrogens with zero attached hydrogens (tertiary/aromatic N) is 3. The van der Waals surface area contributed by atoms with Crippen molar-refractivity contribution in [2.24, 2.45) is 0 Å². The number of halogens is 1. The van der Waals surface area contributed by atoms with E-state index in [4.69, 9.17) is 15.9 Å². The van der Waals surface area contributed by atoms with Crippen LogP contribution in [0, 0.1) is 11.2 Å². The molecule has 4 N–H and O–H groups in total. The molecule has 3 heterocycles. The average Bonchev–Trinajstić information content (AvgIpc) is 3.23. The minimum atomic E-state index is -0.461. The van der Waals surface area contributed by atoms with E-state index in [0.717, 1.165) is 18.9 Å². The van der Waals surface area contributed by atoms with Crippen LogP contribution in [0.5, 0.6) is 0 Å². The SMILES string of the molecule is N=C(c1ccnc(N2CCOCC2)c1)c1cc(-c2ccn[nH]2)c(F)cc1N. The van der Waals surface area contributed by atoms with E-state index in [1.807, 2.05) is 6.07 Å². The van der Waals surface area contributed by atoms with Crippen LogP contribution in [0.15, 0.2) is 42.7 Å². The molecule has 1 aliphatic heterocycles. The Labute approximate surface area is 155 Å². The third-order valence-corrected chi connectivity index (χ3v) is 4.57. The summed E-state index contributed by atoms with van der Waals surface area (Å²) >= 11 is 0. The number of ether oxygens (including phenoxy) is 1. The summed E-state index contributed by atoms with van der Waals surface area (Å²) in [6.07, 6.45) is 3.22. The molecule has 0 aliphatic carbocycles. The molecule has 0 unspecified atom stereocenters. The Morgan fingerprint density at radius 1 is 1.19 bits per heavy atom. The Balaban J connectivity index is 1.70. The van der Waals surface area contributed by atoms with Crippen molar-refractivity contribution < 1.29 is 9.13 Å². The van der Waals surface area contributed by atoms with Crippen molar-refractivity contribution in [2.45, 2.75) is 0 Å². The van der Waals surface area contributed by atoms with Gasteiger partial charge in [0.2, 0.25) is 0 Å². The molecule has 0 bridgehead atoms. The van der Waals surface area contributed by atoms with Gasteiger partial charge in [-0.05, 0) is 30.3 Å². The fourth-order valence-corrected chi connectivity index (χ4v) is 3.11. The minimum absolute atomic E-state index is 0.213. The zero-order chi connectivity index (χ0) is 18.8. The van der Waals surface area contributed by atoms with E-state index >= 15 is 0 Å². The van der Waals surface area contributed by atoms with Gasteiger partial charge in [-0.3, -0.25) is 10.5 Å². The van der Waals surface area contributed by atoms with Gasteiger partial charge in [0.25, 0.3) is 0 Å². The molecule has 0 atom stereocenters. The number of anilines is 2. The lowest BCUT2D eigenvalue weighted by Crippen LogP contribution is -2.36. The van der Waals surface area contributed by atoms with Gasteiger partial charge in [-0.1, -0.05) is 0 Å². The summed E-state index contributed by atoms with van der Waals surface area (Å²) < 4.78 is 19.7. The van der Waals surface area contributed by atoms with E-state index in [2.05, 4.69) is 20.1 Å². The maximum Gasteiger partial charge on any atom is 0.134 e. The molecule has 3 aromatic rings. The zero-order valence-corrected chi connectivity index (χ0v) is 14.6. The van der Waals surface area contributed by atoms with Gasteiger partial charge in [0.05, 0.1) is 24.6 Å². The number of nitrogen functional groups attached to an aromatic ring is 1. The summed E-state index contributed by atoms with van der Waals surface area (Å²) in [4.78, 5) is 6.52. The third-order valence-electron chi connectivity index (χ3n) is 4.57. The second kappa shape index (κ2) is 7.16. The van der Waals surface area contributed by atoms with Gasteiger partial charge in [0, 0.05) is 47.9 Å². The largest absolute Gasteiger partial charge is 0.398 e. The highest BCUT2D eigenvalue weighted by Crippen LogP contribution is 2.28. The van der Waals surface area contributed by atoms with Gasteiger partial charge in [-0.2, -0.15) is 5.10 Å². The number of hydrogen-bond acceptors (Lipinski definition) is 6. The van der Waals surface area contributed by atoms with Gasteiger partial charge in [-0.15, -0.1) is 0 Å². The molecule has 0 amide bonds. The highest BCUT2D eigenvalue weighted by molar-refractivity contribution is 6.14. The fourth-order valence-electron chi connectivity index (χ4n) is 3.11. The van der Waals surface area contributed by atoms with Gasteiger partial charge in [0.15, 0.2) is 0 Å². The molecule has 138 valence electrons. The fraction of sp³-hybridized carbons (Fsp3) is 0.211. The van der Waals surface area contributed by atoms with E-state index in [1.165, 1.54) is 6.07 Å². The minimum Gasteiger partial charge on any atom is -0.398 e. The van der Waals surface area contributed by atoms with Crippen LogP contribution in [0.1, 0.15) is 11.1 Å². The van der Waals surface area contributed by atoms with E-state index < -0.39 is 5.82 Å². The summed E-state index contributed by atoms with van der Waals surface area (Å²) in [6, 6.07) is 8.10. The first-order chi connectivity index (χ1) is 13.1. The van der Waals surface area contributed by atoms with Crippen LogP contribution in [0.2, 0.25) is 0 Å². The molecule has 1 aliphatic rings. The number of nitrogens with two attached hydrogens (primary N) is 1. The molecule has 0 spiro atoms. The van der Waals surface area contributed by atoms with Crippen molar-refractivity contribution in [1.29, 1.82) is 5.41 Å². The van der Waals surface area contributed by atoms with Gasteiger partial charge >= 0.3 is 0 Å². The second-order valence-electron chi connectivity index (χ2n) is 6.27. The second-order valence-corrected chi connectivity index (χ2v) is 6.27. The molecule has 0 saturated carbocycles. The van der Waals surface area contributed by atoms with Crippen molar-refractivity contribution >= 4 is 17.2 Å². The summed E-state index contributed by atoms with van der Waals surface area (Å²) in [6.45, 7) is 2.82. The van der Waals surface area contributed by atoms with Gasteiger partial charge in [0.1, 0.15) is 11.6 Å². The Hall–Kier alpha value is -3.26. The van der Waals surface area contributed by atoms with Crippen molar-refractivity contribution in [2.75, 3.05) is 36.9 Å². The number of aromatic nitrogens is 3. The molecule has 1 saturated heterocycles. The van der Waals surface area contributed by atoms with Gasteiger partial charge < -0.3 is 15.4 Å². The molecule has 0 radical (unpaired) electrons. The molecule has 1 fully saturated rings. The molecular weight excluding hydrogens is 347 g/mol. The Morgan fingerprint density at radius 3 is 2.74 bits per heavy atom. The van der Waals surface area contributed by atoms with E-state index in [9.17, 15) is 4.39 Å². The normalized spacial score (nSPS) is 14.3. The monoisotopic (exact) mass is 366 g/mol. The number of nitrogens with one attached hydrogen (secondary N) is 2. The van der Waals surface area contributed by atoms with Crippen LogP contribution in [-0.4, -0.2) is 47.2 Å². The first-order valence-electron chi connectivity index (χ1n) is 8.60. The zero-order valence-electron chi connectivity index (χ0n) is 14.6. The molecule has 7 nitrogen and oxygen atoms in total. The van der Waals surface area contributed by atoms with Crippen LogP contribution in [0.4, 0.5) is 15.9 Å². The highest BCUT2D eigenvalue weighted by atomic mass is 19.1.